The molecule has 0 spiro atoms. The Bertz CT molecular complexity index is 584. The molecule has 2 aromatic heterocycles. The minimum atomic E-state index is -4.49. The fourth-order valence-corrected chi connectivity index (χ4v) is 2.49. The molecule has 0 saturated heterocycles. The molecule has 0 amide bonds. The smallest absolute Gasteiger partial charge is 0.354 e. The number of alkyl halides is 3. The van der Waals surface area contributed by atoms with Crippen LogP contribution in [0.15, 0.2) is 23.6 Å². The third-order valence-corrected chi connectivity index (χ3v) is 3.56. The van der Waals surface area contributed by atoms with Crippen molar-refractivity contribution in [3.8, 4) is 0 Å². The number of hydrogen-bond acceptors (Lipinski definition) is 5. The van der Waals surface area contributed by atoms with Crippen LogP contribution in [0.2, 0.25) is 0 Å². The Kier molecular flexibility index (Phi) is 4.66. The van der Waals surface area contributed by atoms with Crippen molar-refractivity contribution in [2.24, 2.45) is 0 Å². The predicted molar refractivity (Wildman–Crippen MR) is 77.6 cm³/mol. The van der Waals surface area contributed by atoms with Crippen molar-refractivity contribution in [2.75, 3.05) is 23.8 Å². The number of hydrogen-bond donors (Lipinski definition) is 1. The van der Waals surface area contributed by atoms with Crippen LogP contribution in [0.5, 0.6) is 0 Å². The first-order chi connectivity index (χ1) is 9.90. The number of thiophene rings is 1. The standard InChI is InChI=1S/C13H15F3N4S/c1-3-17-12-18-10(13(14,15)16)7-11(19-12)20(2)8-9-5-4-6-21-9/h4-7H,3,8H2,1-2H3,(H,17,18,19). The van der Waals surface area contributed by atoms with Crippen LogP contribution in [0, 0.1) is 0 Å². The van der Waals surface area contributed by atoms with E-state index in [4.69, 9.17) is 0 Å². The van der Waals surface area contributed by atoms with Crippen LogP contribution >= 0.6 is 11.3 Å². The summed E-state index contributed by atoms with van der Waals surface area (Å²) in [5, 5.41) is 4.65. The van der Waals surface area contributed by atoms with E-state index in [1.807, 2.05) is 17.5 Å². The summed E-state index contributed by atoms with van der Waals surface area (Å²) in [6.45, 7) is 2.73. The van der Waals surface area contributed by atoms with Gasteiger partial charge in [0.2, 0.25) is 5.95 Å². The van der Waals surface area contributed by atoms with E-state index in [1.165, 1.54) is 0 Å². The Morgan fingerprint density at radius 3 is 2.67 bits per heavy atom. The van der Waals surface area contributed by atoms with Crippen molar-refractivity contribution in [1.82, 2.24) is 9.97 Å². The van der Waals surface area contributed by atoms with E-state index in [0.29, 0.717) is 13.1 Å². The normalized spacial score (nSPS) is 11.5. The molecule has 21 heavy (non-hydrogen) atoms. The lowest BCUT2D eigenvalue weighted by atomic mass is 10.3. The third-order valence-electron chi connectivity index (χ3n) is 2.70. The highest BCUT2D eigenvalue weighted by Crippen LogP contribution is 2.30. The maximum Gasteiger partial charge on any atom is 0.433 e. The number of aromatic nitrogens is 2. The van der Waals surface area contributed by atoms with Crippen molar-refractivity contribution >= 4 is 23.1 Å². The number of nitrogens with zero attached hydrogens (tertiary/aromatic N) is 3. The maximum absolute atomic E-state index is 12.9. The Morgan fingerprint density at radius 1 is 1.33 bits per heavy atom. The highest BCUT2D eigenvalue weighted by Gasteiger charge is 2.34. The SMILES string of the molecule is CCNc1nc(N(C)Cc2cccs2)cc(C(F)(F)F)n1. The maximum atomic E-state index is 12.9. The molecule has 0 atom stereocenters. The molecule has 0 aromatic carbocycles. The molecule has 1 N–H and O–H groups in total. The average molecular weight is 316 g/mol. The predicted octanol–water partition coefficient (Wildman–Crippen LogP) is 3.63. The van der Waals surface area contributed by atoms with Crippen molar-refractivity contribution in [3.05, 3.63) is 34.2 Å². The van der Waals surface area contributed by atoms with E-state index < -0.39 is 11.9 Å². The lowest BCUT2D eigenvalue weighted by molar-refractivity contribution is -0.141. The molecule has 2 aromatic rings. The highest BCUT2D eigenvalue weighted by molar-refractivity contribution is 7.09. The summed E-state index contributed by atoms with van der Waals surface area (Å²) in [5.74, 6) is 0.224. The van der Waals surface area contributed by atoms with E-state index in [2.05, 4.69) is 15.3 Å². The van der Waals surface area contributed by atoms with Gasteiger partial charge in [-0.2, -0.15) is 18.2 Å². The van der Waals surface area contributed by atoms with Gasteiger partial charge in [0.15, 0.2) is 5.69 Å². The largest absolute Gasteiger partial charge is 0.433 e. The van der Waals surface area contributed by atoms with Crippen LogP contribution < -0.4 is 10.2 Å². The lowest BCUT2D eigenvalue weighted by Crippen LogP contribution is -2.20. The molecule has 0 aliphatic carbocycles. The zero-order valence-electron chi connectivity index (χ0n) is 11.6. The Hall–Kier alpha value is -1.83. The molecule has 114 valence electrons. The molecule has 0 fully saturated rings. The second-order valence-electron chi connectivity index (χ2n) is 4.40. The second-order valence-corrected chi connectivity index (χ2v) is 5.43. The van der Waals surface area contributed by atoms with Gasteiger partial charge in [-0.15, -0.1) is 11.3 Å². The van der Waals surface area contributed by atoms with Crippen molar-refractivity contribution in [3.63, 3.8) is 0 Å². The first-order valence-electron chi connectivity index (χ1n) is 6.34. The fourth-order valence-electron chi connectivity index (χ4n) is 1.73. The van der Waals surface area contributed by atoms with E-state index in [1.54, 1.807) is 30.2 Å². The van der Waals surface area contributed by atoms with Crippen molar-refractivity contribution in [2.45, 2.75) is 19.6 Å². The van der Waals surface area contributed by atoms with Gasteiger partial charge in [0.1, 0.15) is 5.82 Å². The molecular formula is C13H15F3N4S. The summed E-state index contributed by atoms with van der Waals surface area (Å²) in [6.07, 6.45) is -4.49. The zero-order chi connectivity index (χ0) is 15.5. The van der Waals surface area contributed by atoms with Gasteiger partial charge in [-0.05, 0) is 18.4 Å². The summed E-state index contributed by atoms with van der Waals surface area (Å²) in [4.78, 5) is 10.3. The summed E-state index contributed by atoms with van der Waals surface area (Å²) >= 11 is 1.55. The second kappa shape index (κ2) is 6.30. The minimum absolute atomic E-state index is 0.0136. The molecule has 2 heterocycles. The number of anilines is 2. The number of rotatable bonds is 5. The van der Waals surface area contributed by atoms with Crippen LogP contribution in [-0.2, 0) is 12.7 Å². The quantitative estimate of drug-likeness (QED) is 0.914. The van der Waals surface area contributed by atoms with Crippen LogP contribution in [0.1, 0.15) is 17.5 Å². The summed E-state index contributed by atoms with van der Waals surface area (Å²) in [7, 11) is 1.71. The summed E-state index contributed by atoms with van der Waals surface area (Å²) in [6, 6.07) is 4.80. The molecule has 0 unspecified atom stereocenters. The van der Waals surface area contributed by atoms with Gasteiger partial charge in [0.05, 0.1) is 6.54 Å². The fraction of sp³-hybridized carbons (Fsp3) is 0.385. The van der Waals surface area contributed by atoms with Crippen LogP contribution in [0.4, 0.5) is 24.9 Å². The highest BCUT2D eigenvalue weighted by atomic mass is 32.1. The van der Waals surface area contributed by atoms with Crippen LogP contribution in [-0.4, -0.2) is 23.6 Å². The monoisotopic (exact) mass is 316 g/mol. The minimum Gasteiger partial charge on any atom is -0.354 e. The van der Waals surface area contributed by atoms with Crippen molar-refractivity contribution in [1.29, 1.82) is 0 Å². The molecule has 0 bridgehead atoms. The van der Waals surface area contributed by atoms with Gasteiger partial charge in [0, 0.05) is 24.5 Å². The molecule has 0 aliphatic heterocycles. The number of nitrogens with one attached hydrogen (secondary N) is 1. The van der Waals surface area contributed by atoms with Gasteiger partial charge in [-0.25, -0.2) is 4.98 Å². The molecule has 0 aliphatic rings. The van der Waals surface area contributed by atoms with Gasteiger partial charge in [-0.1, -0.05) is 6.07 Å². The number of halogens is 3. The summed E-state index contributed by atoms with van der Waals surface area (Å²) < 4.78 is 38.7. The van der Waals surface area contributed by atoms with E-state index >= 15 is 0 Å². The van der Waals surface area contributed by atoms with Crippen LogP contribution in [0.25, 0.3) is 0 Å². The molecule has 2 rings (SSSR count). The van der Waals surface area contributed by atoms with E-state index in [9.17, 15) is 13.2 Å². The molecule has 4 nitrogen and oxygen atoms in total. The topological polar surface area (TPSA) is 41.1 Å². The molecular weight excluding hydrogens is 301 g/mol. The van der Waals surface area contributed by atoms with E-state index in [-0.39, 0.29) is 11.8 Å². The van der Waals surface area contributed by atoms with Crippen LogP contribution in [0.3, 0.4) is 0 Å². The lowest BCUT2D eigenvalue weighted by Gasteiger charge is -2.19. The van der Waals surface area contributed by atoms with Gasteiger partial charge >= 0.3 is 6.18 Å². The average Bonchev–Trinajstić information content (AvgIpc) is 2.90. The van der Waals surface area contributed by atoms with Gasteiger partial charge in [-0.3, -0.25) is 0 Å². The molecule has 8 heteroatoms. The van der Waals surface area contributed by atoms with Gasteiger partial charge in [0.25, 0.3) is 0 Å². The Morgan fingerprint density at radius 2 is 2.10 bits per heavy atom. The Labute approximate surface area is 124 Å². The Balaban J connectivity index is 2.30. The van der Waals surface area contributed by atoms with Gasteiger partial charge < -0.3 is 10.2 Å². The first-order valence-corrected chi connectivity index (χ1v) is 7.21. The van der Waals surface area contributed by atoms with E-state index in [0.717, 1.165) is 10.9 Å². The zero-order valence-corrected chi connectivity index (χ0v) is 12.4. The van der Waals surface area contributed by atoms with Crippen molar-refractivity contribution < 1.29 is 13.2 Å². The molecule has 0 radical (unpaired) electrons. The molecule has 0 saturated carbocycles. The summed E-state index contributed by atoms with van der Waals surface area (Å²) in [5.41, 5.74) is -0.943. The first kappa shape index (κ1) is 15.6. The third kappa shape index (κ3) is 4.07.